The van der Waals surface area contributed by atoms with Gasteiger partial charge in [-0.1, -0.05) is 26.8 Å². The molecule has 1 saturated carbocycles. The number of anilines is 2. The minimum atomic E-state index is -1.06. The zero-order valence-corrected chi connectivity index (χ0v) is 22.5. The number of piperidine rings is 1. The van der Waals surface area contributed by atoms with Crippen LogP contribution in [0.2, 0.25) is 0 Å². The molecule has 1 saturated heterocycles. The van der Waals surface area contributed by atoms with Gasteiger partial charge in [0, 0.05) is 41.9 Å². The molecular weight excluding hydrogens is 496 g/mol. The Balaban J connectivity index is 1.19. The molecule has 0 bridgehead atoms. The van der Waals surface area contributed by atoms with Crippen molar-refractivity contribution in [1.29, 1.82) is 0 Å². The number of carbonyl (C=O) groups excluding carboxylic acids is 1. The largest absolute Gasteiger partial charge is 0.388 e. The Morgan fingerprint density at radius 2 is 1.97 bits per heavy atom. The number of aliphatic hydroxyl groups is 1. The van der Waals surface area contributed by atoms with Crippen LogP contribution in [-0.4, -0.2) is 64.1 Å². The Morgan fingerprint density at radius 3 is 2.67 bits per heavy atom. The van der Waals surface area contributed by atoms with Crippen molar-refractivity contribution in [1.82, 2.24) is 34.4 Å². The summed E-state index contributed by atoms with van der Waals surface area (Å²) in [5.74, 6) is 1.08. The van der Waals surface area contributed by atoms with Crippen LogP contribution in [0.5, 0.6) is 0 Å². The van der Waals surface area contributed by atoms with Gasteiger partial charge in [-0.05, 0) is 43.9 Å². The molecule has 6 rings (SSSR count). The molecule has 39 heavy (non-hydrogen) atoms. The Hall–Kier alpha value is -3.99. The van der Waals surface area contributed by atoms with Gasteiger partial charge in [-0.15, -0.1) is 0 Å². The molecule has 3 aromatic heterocycles. The highest BCUT2D eigenvalue weighted by Gasteiger charge is 2.39. The van der Waals surface area contributed by atoms with Crippen LogP contribution in [0.4, 0.5) is 11.5 Å². The number of hydrogen-bond acceptors (Lipinski definition) is 7. The highest BCUT2D eigenvalue weighted by Crippen LogP contribution is 2.33. The minimum Gasteiger partial charge on any atom is -0.388 e. The molecular formula is C28H34N8O3. The second-order valence-electron chi connectivity index (χ2n) is 11.9. The third kappa shape index (κ3) is 5.06. The van der Waals surface area contributed by atoms with E-state index < -0.39 is 5.60 Å². The third-order valence-corrected chi connectivity index (χ3v) is 7.70. The van der Waals surface area contributed by atoms with E-state index in [1.165, 1.54) is 17.1 Å². The second kappa shape index (κ2) is 9.33. The van der Waals surface area contributed by atoms with E-state index in [9.17, 15) is 14.7 Å². The van der Waals surface area contributed by atoms with Crippen LogP contribution in [0.3, 0.4) is 0 Å². The van der Waals surface area contributed by atoms with Gasteiger partial charge in [-0.2, -0.15) is 10.2 Å². The average Bonchev–Trinajstić information content (AvgIpc) is 3.48. The Morgan fingerprint density at radius 1 is 1.21 bits per heavy atom. The van der Waals surface area contributed by atoms with Crippen LogP contribution in [0.1, 0.15) is 52.1 Å². The van der Waals surface area contributed by atoms with Gasteiger partial charge >= 0.3 is 0 Å². The van der Waals surface area contributed by atoms with Crippen LogP contribution in [0.25, 0.3) is 16.7 Å². The van der Waals surface area contributed by atoms with Crippen LogP contribution >= 0.6 is 0 Å². The predicted octanol–water partition coefficient (Wildman–Crippen LogP) is 3.11. The number of fused-ring (bicyclic) bond motifs is 1. The number of carbonyl (C=O) groups is 1. The molecule has 0 unspecified atom stereocenters. The van der Waals surface area contributed by atoms with Crippen LogP contribution < -0.4 is 10.9 Å². The van der Waals surface area contributed by atoms with Crippen molar-refractivity contribution in [3.05, 3.63) is 58.9 Å². The topological polar surface area (TPSA) is 134 Å². The smallest absolute Gasteiger partial charge is 0.264 e. The molecule has 0 spiro atoms. The number of likely N-dealkylation sites (tertiary alicyclic amines) is 1. The Kier molecular flexibility index (Phi) is 6.05. The summed E-state index contributed by atoms with van der Waals surface area (Å²) < 4.78 is 3.09. The van der Waals surface area contributed by atoms with E-state index in [1.807, 2.05) is 35.2 Å². The summed E-state index contributed by atoms with van der Waals surface area (Å²) in [6.45, 7) is 7.51. The van der Waals surface area contributed by atoms with Gasteiger partial charge in [-0.25, -0.2) is 9.67 Å². The van der Waals surface area contributed by atoms with Gasteiger partial charge in [0.1, 0.15) is 11.7 Å². The number of benzene rings is 1. The zero-order valence-electron chi connectivity index (χ0n) is 22.5. The number of H-pyrrole nitrogens is 1. The molecule has 11 nitrogen and oxygen atoms in total. The lowest BCUT2D eigenvalue weighted by molar-refractivity contribution is -0.137. The number of hydrogen-bond donors (Lipinski definition) is 3. The molecule has 0 atom stereocenters. The van der Waals surface area contributed by atoms with Crippen molar-refractivity contribution in [3.63, 3.8) is 0 Å². The fourth-order valence-electron chi connectivity index (χ4n) is 5.09. The first-order valence-electron chi connectivity index (χ1n) is 13.5. The first-order chi connectivity index (χ1) is 18.6. The van der Waals surface area contributed by atoms with E-state index in [4.69, 9.17) is 0 Å². The molecule has 1 aliphatic carbocycles. The quantitative estimate of drug-likeness (QED) is 0.349. The zero-order chi connectivity index (χ0) is 27.4. The molecule has 4 aromatic rings. The van der Waals surface area contributed by atoms with Crippen LogP contribution in [-0.2, 0) is 16.8 Å². The van der Waals surface area contributed by atoms with Crippen molar-refractivity contribution in [3.8, 4) is 5.69 Å². The van der Waals surface area contributed by atoms with E-state index in [0.717, 1.165) is 29.9 Å². The fourth-order valence-corrected chi connectivity index (χ4v) is 5.09. The maximum Gasteiger partial charge on any atom is 0.264 e. The monoisotopic (exact) mass is 530 g/mol. The van der Waals surface area contributed by atoms with Crippen molar-refractivity contribution < 1.29 is 9.90 Å². The van der Waals surface area contributed by atoms with Crippen molar-refractivity contribution >= 4 is 28.4 Å². The van der Waals surface area contributed by atoms with Gasteiger partial charge in [0.2, 0.25) is 5.91 Å². The van der Waals surface area contributed by atoms with E-state index in [0.29, 0.717) is 42.8 Å². The van der Waals surface area contributed by atoms with Crippen molar-refractivity contribution in [2.24, 2.45) is 5.92 Å². The molecule has 1 amide bonds. The summed E-state index contributed by atoms with van der Waals surface area (Å²) in [7, 11) is 0. The minimum absolute atomic E-state index is 0.0383. The maximum atomic E-state index is 13.3. The molecule has 1 aliphatic heterocycles. The van der Waals surface area contributed by atoms with Crippen LogP contribution in [0.15, 0.2) is 47.7 Å². The fraction of sp³-hybridized carbons (Fsp3) is 0.464. The first-order valence-corrected chi connectivity index (χ1v) is 13.5. The van der Waals surface area contributed by atoms with Gasteiger partial charge < -0.3 is 15.3 Å². The lowest BCUT2D eigenvalue weighted by Gasteiger charge is -2.38. The van der Waals surface area contributed by atoms with Crippen LogP contribution in [0, 0.1) is 5.92 Å². The number of nitrogens with zero attached hydrogens (tertiary/aromatic N) is 6. The Labute approximate surface area is 225 Å². The molecule has 2 aliphatic rings. The number of nitrogens with one attached hydrogen (secondary N) is 2. The standard InChI is InChI=1S/C28H34N8O3/c1-27(2,3)22-14-23(33-32-22)31-19-5-4-6-20(13-19)36-24-21(15-30-36)26(38)35(17-29-24)16-28(39)9-11-34(12-10-28)25(37)18-7-8-18/h4-6,13-15,17-18,39H,7-12,16H2,1-3H3,(H2,31,32,33). The SMILES string of the molecule is CC(C)(C)c1cc(Nc2cccc(-n3ncc4c(=O)n(CC5(O)CCN(C(=O)C6CC6)CC5)cnc43)c2)n[nH]1. The average molecular weight is 531 g/mol. The normalized spacial score (nSPS) is 17.5. The molecule has 1 aromatic carbocycles. The summed E-state index contributed by atoms with van der Waals surface area (Å²) in [6, 6.07) is 9.65. The first kappa shape index (κ1) is 25.3. The predicted molar refractivity (Wildman–Crippen MR) is 147 cm³/mol. The van der Waals surface area contributed by atoms with E-state index in [1.54, 1.807) is 4.68 Å². The number of amides is 1. The third-order valence-electron chi connectivity index (χ3n) is 7.70. The molecule has 3 N–H and O–H groups in total. The number of aromatic nitrogens is 6. The lowest BCUT2D eigenvalue weighted by atomic mass is 9.91. The molecule has 11 heteroatoms. The maximum absolute atomic E-state index is 13.3. The summed E-state index contributed by atoms with van der Waals surface area (Å²) in [5, 5.41) is 26.8. The van der Waals surface area contributed by atoms with Crippen molar-refractivity contribution in [2.45, 2.75) is 64.0 Å². The summed E-state index contributed by atoms with van der Waals surface area (Å²) in [5.41, 5.74) is 1.69. The lowest BCUT2D eigenvalue weighted by Crippen LogP contribution is -2.50. The second-order valence-corrected chi connectivity index (χ2v) is 11.9. The Bertz CT molecular complexity index is 1580. The van der Waals surface area contributed by atoms with E-state index >= 15 is 0 Å². The summed E-state index contributed by atoms with van der Waals surface area (Å²) in [6.07, 6.45) is 5.80. The van der Waals surface area contributed by atoms with Gasteiger partial charge in [0.25, 0.3) is 5.56 Å². The van der Waals surface area contributed by atoms with Crippen molar-refractivity contribution in [2.75, 3.05) is 18.4 Å². The van der Waals surface area contributed by atoms with Gasteiger partial charge in [0.05, 0.1) is 24.0 Å². The van der Waals surface area contributed by atoms with Gasteiger partial charge in [-0.3, -0.25) is 19.3 Å². The van der Waals surface area contributed by atoms with E-state index in [-0.39, 0.29) is 29.3 Å². The summed E-state index contributed by atoms with van der Waals surface area (Å²) >= 11 is 0. The van der Waals surface area contributed by atoms with Gasteiger partial charge in [0.15, 0.2) is 11.5 Å². The molecule has 0 radical (unpaired) electrons. The highest BCUT2D eigenvalue weighted by atomic mass is 16.3. The summed E-state index contributed by atoms with van der Waals surface area (Å²) in [4.78, 5) is 32.1. The highest BCUT2D eigenvalue weighted by molar-refractivity contribution is 5.81. The molecule has 2 fully saturated rings. The molecule has 4 heterocycles. The molecule has 204 valence electrons. The van der Waals surface area contributed by atoms with E-state index in [2.05, 4.69) is 46.4 Å². The number of aromatic amines is 1. The number of rotatable bonds is 6.